The molecule has 3 aromatic rings. The van der Waals surface area contributed by atoms with Gasteiger partial charge in [-0.1, -0.05) is 47.5 Å². The lowest BCUT2D eigenvalue weighted by atomic mass is 10.1. The van der Waals surface area contributed by atoms with E-state index in [-0.39, 0.29) is 18.1 Å². The zero-order chi connectivity index (χ0) is 26.5. The van der Waals surface area contributed by atoms with E-state index in [1.807, 2.05) is 25.1 Å². The summed E-state index contributed by atoms with van der Waals surface area (Å²) in [5.74, 6) is -0.481. The van der Waals surface area contributed by atoms with Crippen LogP contribution >= 0.6 is 35.0 Å². The first-order valence-electron chi connectivity index (χ1n) is 11.2. The van der Waals surface area contributed by atoms with Crippen LogP contribution in [0.15, 0.2) is 70.6 Å². The molecular formula is C27H22Cl2N2O5S. The number of nitrogens with zero attached hydrogens (tertiary/aromatic N) is 2. The molecule has 1 fully saturated rings. The zero-order valence-electron chi connectivity index (χ0n) is 19.9. The highest BCUT2D eigenvalue weighted by Crippen LogP contribution is 2.40. The van der Waals surface area contributed by atoms with Crippen LogP contribution in [0.3, 0.4) is 0 Å². The Hall–Kier alpha value is -3.46. The van der Waals surface area contributed by atoms with Gasteiger partial charge in [0, 0.05) is 17.1 Å². The fourth-order valence-corrected chi connectivity index (χ4v) is 5.10. The molecule has 0 atom stereocenters. The van der Waals surface area contributed by atoms with Crippen molar-refractivity contribution in [2.75, 3.05) is 13.7 Å². The molecule has 1 aliphatic heterocycles. The minimum absolute atomic E-state index is 0.119. The molecule has 0 aliphatic carbocycles. The van der Waals surface area contributed by atoms with Gasteiger partial charge in [0.2, 0.25) is 0 Å². The highest BCUT2D eigenvalue weighted by Gasteiger charge is 2.32. The Bertz CT molecular complexity index is 1420. The third-order valence-electron chi connectivity index (χ3n) is 5.40. The van der Waals surface area contributed by atoms with Crippen LogP contribution in [0.25, 0.3) is 6.08 Å². The fraction of sp³-hybridized carbons (Fsp3) is 0.148. The molecule has 1 aliphatic rings. The Balaban J connectivity index is 1.60. The van der Waals surface area contributed by atoms with Gasteiger partial charge in [-0.25, -0.2) is 9.79 Å². The first kappa shape index (κ1) is 26.6. The molecular weight excluding hydrogens is 535 g/mol. The van der Waals surface area contributed by atoms with Gasteiger partial charge >= 0.3 is 5.97 Å². The molecule has 0 unspecified atom stereocenters. The van der Waals surface area contributed by atoms with E-state index in [2.05, 4.69) is 4.99 Å². The lowest BCUT2D eigenvalue weighted by Crippen LogP contribution is -2.28. The summed E-state index contributed by atoms with van der Waals surface area (Å²) >= 11 is 14.0. The third-order valence-corrected chi connectivity index (χ3v) is 7.06. The van der Waals surface area contributed by atoms with E-state index >= 15 is 0 Å². The third kappa shape index (κ3) is 6.10. The van der Waals surface area contributed by atoms with Crippen LogP contribution < -0.4 is 9.47 Å². The second-order valence-corrected chi connectivity index (χ2v) is 9.65. The number of ether oxygens (including phenoxy) is 2. The van der Waals surface area contributed by atoms with Crippen LogP contribution in [0.5, 0.6) is 11.5 Å². The Labute approximate surface area is 228 Å². The number of benzene rings is 3. The van der Waals surface area contributed by atoms with Crippen LogP contribution in [0.2, 0.25) is 10.0 Å². The second kappa shape index (κ2) is 11.7. The van der Waals surface area contributed by atoms with E-state index in [9.17, 15) is 14.7 Å². The van der Waals surface area contributed by atoms with Gasteiger partial charge in [-0.15, -0.1) is 0 Å². The number of thioether (sulfide) groups is 1. The first-order valence-corrected chi connectivity index (χ1v) is 12.7. The van der Waals surface area contributed by atoms with E-state index in [1.165, 1.54) is 35.9 Å². The van der Waals surface area contributed by atoms with Gasteiger partial charge in [0.25, 0.3) is 5.91 Å². The van der Waals surface area contributed by atoms with Gasteiger partial charge in [0.1, 0.15) is 6.61 Å². The molecule has 190 valence electrons. The zero-order valence-corrected chi connectivity index (χ0v) is 22.2. The van der Waals surface area contributed by atoms with Gasteiger partial charge in [0.15, 0.2) is 16.7 Å². The number of aliphatic imine (C=N–C) groups is 1. The maximum absolute atomic E-state index is 13.1. The van der Waals surface area contributed by atoms with Crippen LogP contribution in [0, 0.1) is 0 Å². The Morgan fingerprint density at radius 3 is 2.59 bits per heavy atom. The number of carboxylic acid groups (broad SMARTS) is 1. The van der Waals surface area contributed by atoms with Crippen molar-refractivity contribution < 1.29 is 24.2 Å². The standard InChI is InChI=1S/C27H22Cl2N2O5S/c1-3-31-25(32)23(37-27(31)30-19-9-6-8-17(14-19)26(33)34)13-16-11-21(29)24(22(12-16)35-2)36-15-18-7-4-5-10-20(18)28/h4-14H,3,15H2,1-2H3,(H,33,34). The van der Waals surface area contributed by atoms with E-state index in [0.717, 1.165) is 5.56 Å². The topological polar surface area (TPSA) is 88.4 Å². The van der Waals surface area contributed by atoms with Crippen LogP contribution in [0.1, 0.15) is 28.4 Å². The van der Waals surface area contributed by atoms with Crippen molar-refractivity contribution in [2.45, 2.75) is 13.5 Å². The van der Waals surface area contributed by atoms with Crippen molar-refractivity contribution in [2.24, 2.45) is 4.99 Å². The molecule has 1 amide bonds. The van der Waals surface area contributed by atoms with E-state index in [1.54, 1.807) is 36.4 Å². The maximum atomic E-state index is 13.1. The summed E-state index contributed by atoms with van der Waals surface area (Å²) in [6, 6.07) is 17.0. The van der Waals surface area contributed by atoms with Crippen molar-refractivity contribution in [3.8, 4) is 11.5 Å². The molecule has 0 aromatic heterocycles. The average molecular weight is 557 g/mol. The Kier molecular flexibility index (Phi) is 8.43. The maximum Gasteiger partial charge on any atom is 0.335 e. The number of amidine groups is 1. The monoisotopic (exact) mass is 556 g/mol. The van der Waals surface area contributed by atoms with E-state index in [4.69, 9.17) is 32.7 Å². The predicted molar refractivity (Wildman–Crippen MR) is 147 cm³/mol. The second-order valence-electron chi connectivity index (χ2n) is 7.82. The van der Waals surface area contributed by atoms with E-state index < -0.39 is 5.97 Å². The molecule has 3 aromatic carbocycles. The molecule has 0 spiro atoms. The highest BCUT2D eigenvalue weighted by atomic mass is 35.5. The van der Waals surface area contributed by atoms with Crippen molar-refractivity contribution in [1.82, 2.24) is 4.90 Å². The van der Waals surface area contributed by atoms with Crippen molar-refractivity contribution in [3.05, 3.63) is 92.3 Å². The SMILES string of the molecule is CCN1C(=O)C(=Cc2cc(Cl)c(OCc3ccccc3Cl)c(OC)c2)SC1=Nc1cccc(C(=O)O)c1. The molecule has 1 heterocycles. The summed E-state index contributed by atoms with van der Waals surface area (Å²) in [6.45, 7) is 2.45. The molecule has 7 nitrogen and oxygen atoms in total. The number of hydrogen-bond acceptors (Lipinski definition) is 6. The van der Waals surface area contributed by atoms with Gasteiger partial charge in [-0.3, -0.25) is 9.69 Å². The molecule has 0 radical (unpaired) electrons. The van der Waals surface area contributed by atoms with Crippen molar-refractivity contribution >= 4 is 63.8 Å². The number of carbonyl (C=O) groups excluding carboxylic acids is 1. The van der Waals surface area contributed by atoms with E-state index in [0.29, 0.717) is 49.4 Å². The lowest BCUT2D eigenvalue weighted by Gasteiger charge is -2.14. The smallest absolute Gasteiger partial charge is 0.335 e. The highest BCUT2D eigenvalue weighted by molar-refractivity contribution is 8.18. The first-order chi connectivity index (χ1) is 17.8. The number of amides is 1. The number of carbonyl (C=O) groups is 2. The molecule has 1 saturated heterocycles. The average Bonchev–Trinajstić information content (AvgIpc) is 3.17. The Morgan fingerprint density at radius 2 is 1.89 bits per heavy atom. The lowest BCUT2D eigenvalue weighted by molar-refractivity contribution is -0.122. The summed E-state index contributed by atoms with van der Waals surface area (Å²) < 4.78 is 11.4. The number of hydrogen-bond donors (Lipinski definition) is 1. The van der Waals surface area contributed by atoms with Crippen molar-refractivity contribution in [1.29, 1.82) is 0 Å². The number of aromatic carboxylic acids is 1. The van der Waals surface area contributed by atoms with Gasteiger partial charge < -0.3 is 14.6 Å². The minimum atomic E-state index is -1.05. The predicted octanol–water partition coefficient (Wildman–Crippen LogP) is 6.90. The number of methoxy groups -OCH3 is 1. The molecule has 1 N–H and O–H groups in total. The normalized spacial score (nSPS) is 15.5. The number of rotatable bonds is 8. The largest absolute Gasteiger partial charge is 0.493 e. The molecule has 37 heavy (non-hydrogen) atoms. The number of carboxylic acids is 1. The summed E-state index contributed by atoms with van der Waals surface area (Å²) in [4.78, 5) is 30.9. The number of likely N-dealkylation sites (N-methyl/N-ethyl adjacent to an activating group) is 1. The minimum Gasteiger partial charge on any atom is -0.493 e. The number of halogens is 2. The summed E-state index contributed by atoms with van der Waals surface area (Å²) in [7, 11) is 1.51. The van der Waals surface area contributed by atoms with Crippen LogP contribution in [-0.4, -0.2) is 40.7 Å². The van der Waals surface area contributed by atoms with Gasteiger partial charge in [-0.2, -0.15) is 0 Å². The summed E-state index contributed by atoms with van der Waals surface area (Å²) in [5.41, 5.74) is 2.02. The fourth-order valence-electron chi connectivity index (χ4n) is 3.57. The van der Waals surface area contributed by atoms with Gasteiger partial charge in [0.05, 0.1) is 28.3 Å². The van der Waals surface area contributed by atoms with Crippen LogP contribution in [-0.2, 0) is 11.4 Å². The molecule has 0 bridgehead atoms. The van der Waals surface area contributed by atoms with Crippen molar-refractivity contribution in [3.63, 3.8) is 0 Å². The van der Waals surface area contributed by atoms with Crippen LogP contribution in [0.4, 0.5) is 5.69 Å². The summed E-state index contributed by atoms with van der Waals surface area (Å²) in [5, 5.41) is 10.6. The quantitative estimate of drug-likeness (QED) is 0.303. The molecule has 4 rings (SSSR count). The summed E-state index contributed by atoms with van der Waals surface area (Å²) in [6.07, 6.45) is 1.71. The van der Waals surface area contributed by atoms with Gasteiger partial charge in [-0.05, 0) is 66.7 Å². The molecule has 10 heteroatoms. The molecule has 0 saturated carbocycles. The Morgan fingerprint density at radius 1 is 1.11 bits per heavy atom.